The summed E-state index contributed by atoms with van der Waals surface area (Å²) in [6, 6.07) is 7.22. The molecule has 0 saturated heterocycles. The number of rotatable bonds is 2. The molecule has 3 rings (SSSR count). The lowest BCUT2D eigenvalue weighted by Crippen LogP contribution is -1.96. The molecule has 0 aliphatic heterocycles. The molecule has 0 saturated carbocycles. The number of nitrogens with zero attached hydrogens (tertiary/aromatic N) is 2. The lowest BCUT2D eigenvalue weighted by molar-refractivity contribution is 0.555. The number of anilines is 1. The van der Waals surface area contributed by atoms with E-state index in [0.29, 0.717) is 17.0 Å². The predicted octanol–water partition coefficient (Wildman–Crippen LogP) is 1.62. The molecular formula is C12H10N4O2. The van der Waals surface area contributed by atoms with Crippen LogP contribution in [0.3, 0.4) is 0 Å². The fraction of sp³-hybridized carbons (Fsp3) is 0.0833. The van der Waals surface area contributed by atoms with Crippen LogP contribution in [0, 0.1) is 0 Å². The maximum atomic E-state index is 11.1. The van der Waals surface area contributed by atoms with E-state index in [9.17, 15) is 4.79 Å². The second-order valence-electron chi connectivity index (χ2n) is 3.74. The van der Waals surface area contributed by atoms with E-state index >= 15 is 0 Å². The smallest absolute Gasteiger partial charge is 0.408 e. The van der Waals surface area contributed by atoms with Gasteiger partial charge >= 0.3 is 5.76 Å². The molecule has 18 heavy (non-hydrogen) atoms. The van der Waals surface area contributed by atoms with Crippen molar-refractivity contribution in [2.45, 2.75) is 0 Å². The number of hydrogen-bond acceptors (Lipinski definition) is 5. The van der Waals surface area contributed by atoms with Crippen molar-refractivity contribution in [1.82, 2.24) is 15.0 Å². The fourth-order valence-corrected chi connectivity index (χ4v) is 1.75. The van der Waals surface area contributed by atoms with Crippen LogP contribution in [0.1, 0.15) is 0 Å². The first-order valence-corrected chi connectivity index (χ1v) is 5.40. The van der Waals surface area contributed by atoms with Gasteiger partial charge in [-0.3, -0.25) is 4.98 Å². The highest BCUT2D eigenvalue weighted by Crippen LogP contribution is 2.21. The molecule has 0 aliphatic rings. The summed E-state index contributed by atoms with van der Waals surface area (Å²) in [7, 11) is 1.76. The zero-order chi connectivity index (χ0) is 12.5. The molecule has 2 N–H and O–H groups in total. The van der Waals surface area contributed by atoms with E-state index in [1.165, 1.54) is 0 Å². The molecule has 0 bridgehead atoms. The molecule has 90 valence electrons. The Hall–Kier alpha value is -2.63. The van der Waals surface area contributed by atoms with Crippen LogP contribution in [0.4, 0.5) is 5.95 Å². The average Bonchev–Trinajstić information content (AvgIpc) is 2.77. The Kier molecular flexibility index (Phi) is 2.33. The summed E-state index contributed by atoms with van der Waals surface area (Å²) in [6.07, 6.45) is 1.68. The van der Waals surface area contributed by atoms with Gasteiger partial charge in [0.25, 0.3) is 0 Å². The molecular weight excluding hydrogens is 232 g/mol. The largest absolute Gasteiger partial charge is 0.417 e. The third kappa shape index (κ3) is 1.73. The van der Waals surface area contributed by atoms with Gasteiger partial charge in [0.15, 0.2) is 5.58 Å². The molecule has 0 fully saturated rings. The molecule has 0 unspecified atom stereocenters. The summed E-state index contributed by atoms with van der Waals surface area (Å²) in [5.74, 6) is 0.0917. The van der Waals surface area contributed by atoms with Crippen molar-refractivity contribution in [3.05, 3.63) is 41.0 Å². The molecule has 0 amide bonds. The van der Waals surface area contributed by atoms with Crippen LogP contribution < -0.4 is 11.1 Å². The predicted molar refractivity (Wildman–Crippen MR) is 67.4 cm³/mol. The first-order valence-electron chi connectivity index (χ1n) is 5.40. The maximum absolute atomic E-state index is 11.1. The number of aromatic nitrogens is 3. The number of fused-ring (bicyclic) bond motifs is 1. The summed E-state index contributed by atoms with van der Waals surface area (Å²) in [5.41, 5.74) is 2.85. The summed E-state index contributed by atoms with van der Waals surface area (Å²) in [5, 5.41) is 2.88. The highest BCUT2D eigenvalue weighted by atomic mass is 16.4. The van der Waals surface area contributed by atoms with Crippen LogP contribution >= 0.6 is 0 Å². The van der Waals surface area contributed by atoms with Gasteiger partial charge in [0, 0.05) is 18.8 Å². The fourth-order valence-electron chi connectivity index (χ4n) is 1.75. The second kappa shape index (κ2) is 3.99. The van der Waals surface area contributed by atoms with E-state index in [4.69, 9.17) is 4.42 Å². The molecule has 6 heteroatoms. The van der Waals surface area contributed by atoms with Crippen molar-refractivity contribution in [3.63, 3.8) is 0 Å². The van der Waals surface area contributed by atoms with E-state index in [1.54, 1.807) is 25.4 Å². The van der Waals surface area contributed by atoms with Crippen molar-refractivity contribution in [2.24, 2.45) is 0 Å². The first kappa shape index (κ1) is 10.5. The van der Waals surface area contributed by atoms with Gasteiger partial charge in [-0.2, -0.15) is 0 Å². The Morgan fingerprint density at radius 1 is 1.33 bits per heavy atom. The quantitative estimate of drug-likeness (QED) is 0.713. The minimum atomic E-state index is -0.458. The zero-order valence-corrected chi connectivity index (χ0v) is 9.60. The Morgan fingerprint density at radius 3 is 3.06 bits per heavy atom. The number of oxazole rings is 1. The van der Waals surface area contributed by atoms with Crippen LogP contribution in [0.5, 0.6) is 0 Å². The van der Waals surface area contributed by atoms with Gasteiger partial charge in [0.2, 0.25) is 5.95 Å². The molecule has 0 spiro atoms. The van der Waals surface area contributed by atoms with Gasteiger partial charge < -0.3 is 9.73 Å². The van der Waals surface area contributed by atoms with Crippen molar-refractivity contribution in [3.8, 4) is 11.3 Å². The summed E-state index contributed by atoms with van der Waals surface area (Å²) in [4.78, 5) is 22.1. The Labute approximate surface area is 102 Å². The number of aromatic amines is 1. The highest BCUT2D eigenvalue weighted by molar-refractivity contribution is 5.79. The van der Waals surface area contributed by atoms with E-state index in [0.717, 1.165) is 11.3 Å². The van der Waals surface area contributed by atoms with Crippen LogP contribution in [-0.2, 0) is 0 Å². The minimum Gasteiger partial charge on any atom is -0.408 e. The van der Waals surface area contributed by atoms with Gasteiger partial charge in [-0.1, -0.05) is 0 Å². The standard InChI is InChI=1S/C12H10N4O2/c1-13-11-14-5-4-8(15-11)7-2-3-10-9(6-7)16-12(17)18-10/h2-6H,1H3,(H,16,17)(H,13,14,15). The Morgan fingerprint density at radius 2 is 2.22 bits per heavy atom. The number of nitrogens with one attached hydrogen (secondary N) is 2. The Bertz CT molecular complexity index is 760. The number of hydrogen-bond donors (Lipinski definition) is 2. The lowest BCUT2D eigenvalue weighted by atomic mass is 10.1. The number of benzene rings is 1. The van der Waals surface area contributed by atoms with Crippen LogP contribution in [0.2, 0.25) is 0 Å². The van der Waals surface area contributed by atoms with Gasteiger partial charge in [-0.25, -0.2) is 14.8 Å². The topological polar surface area (TPSA) is 83.8 Å². The van der Waals surface area contributed by atoms with Crippen molar-refractivity contribution >= 4 is 17.0 Å². The molecule has 6 nitrogen and oxygen atoms in total. The van der Waals surface area contributed by atoms with Crippen LogP contribution in [0.15, 0.2) is 39.7 Å². The van der Waals surface area contributed by atoms with Gasteiger partial charge in [-0.15, -0.1) is 0 Å². The molecule has 0 radical (unpaired) electrons. The Balaban J connectivity index is 2.15. The average molecular weight is 242 g/mol. The van der Waals surface area contributed by atoms with Gasteiger partial charge in [-0.05, 0) is 24.3 Å². The third-order valence-electron chi connectivity index (χ3n) is 2.59. The molecule has 2 aromatic heterocycles. The van der Waals surface area contributed by atoms with Crippen molar-refractivity contribution < 1.29 is 4.42 Å². The third-order valence-corrected chi connectivity index (χ3v) is 2.59. The van der Waals surface area contributed by atoms with E-state index < -0.39 is 5.76 Å². The summed E-state index contributed by atoms with van der Waals surface area (Å²) < 4.78 is 4.95. The van der Waals surface area contributed by atoms with E-state index in [1.807, 2.05) is 12.1 Å². The van der Waals surface area contributed by atoms with E-state index in [2.05, 4.69) is 20.3 Å². The normalized spacial score (nSPS) is 10.7. The first-order chi connectivity index (χ1) is 8.76. The van der Waals surface area contributed by atoms with Crippen molar-refractivity contribution in [2.75, 3.05) is 12.4 Å². The summed E-state index contributed by atoms with van der Waals surface area (Å²) >= 11 is 0. The number of H-pyrrole nitrogens is 1. The zero-order valence-electron chi connectivity index (χ0n) is 9.60. The second-order valence-corrected chi connectivity index (χ2v) is 3.74. The van der Waals surface area contributed by atoms with Gasteiger partial charge in [0.05, 0.1) is 11.2 Å². The molecule has 0 atom stereocenters. The molecule has 0 aliphatic carbocycles. The van der Waals surface area contributed by atoms with E-state index in [-0.39, 0.29) is 0 Å². The molecule has 3 aromatic rings. The minimum absolute atomic E-state index is 0.458. The van der Waals surface area contributed by atoms with Crippen LogP contribution in [0.25, 0.3) is 22.4 Å². The van der Waals surface area contributed by atoms with Gasteiger partial charge in [0.1, 0.15) is 0 Å². The highest BCUT2D eigenvalue weighted by Gasteiger charge is 2.05. The van der Waals surface area contributed by atoms with Crippen LogP contribution in [-0.4, -0.2) is 22.0 Å². The molecule has 2 heterocycles. The summed E-state index contributed by atoms with van der Waals surface area (Å²) in [6.45, 7) is 0. The SMILES string of the molecule is CNc1nccc(-c2ccc3oc(=O)[nH]c3c2)n1. The molecule has 1 aromatic carbocycles. The monoisotopic (exact) mass is 242 g/mol. The van der Waals surface area contributed by atoms with Crippen molar-refractivity contribution in [1.29, 1.82) is 0 Å². The lowest BCUT2D eigenvalue weighted by Gasteiger charge is -2.02. The maximum Gasteiger partial charge on any atom is 0.417 e.